The van der Waals surface area contributed by atoms with Crippen LogP contribution in [0.5, 0.6) is 0 Å². The lowest BCUT2D eigenvalue weighted by Crippen LogP contribution is -2.33. The van der Waals surface area contributed by atoms with Crippen LogP contribution in [0.3, 0.4) is 0 Å². The Bertz CT molecular complexity index is 230. The van der Waals surface area contributed by atoms with Crippen LogP contribution in [-0.2, 0) is 0 Å². The van der Waals surface area contributed by atoms with Gasteiger partial charge < -0.3 is 5.11 Å². The summed E-state index contributed by atoms with van der Waals surface area (Å²) in [7, 11) is 0. The van der Waals surface area contributed by atoms with Gasteiger partial charge in [0.15, 0.2) is 0 Å². The van der Waals surface area contributed by atoms with Crippen LogP contribution in [0.25, 0.3) is 0 Å². The number of hydrogen-bond acceptors (Lipinski definition) is 1. The molecule has 1 N–H and O–H groups in total. The zero-order valence-electron chi connectivity index (χ0n) is 12.3. The maximum atomic E-state index is 10.2. The van der Waals surface area contributed by atoms with Crippen molar-refractivity contribution in [3.05, 3.63) is 0 Å². The number of rotatable bonds is 1. The third-order valence-electron chi connectivity index (χ3n) is 5.58. The number of aliphatic hydroxyl groups is 1. The van der Waals surface area contributed by atoms with Crippen LogP contribution in [0.4, 0.5) is 0 Å². The second-order valence-electron chi connectivity index (χ2n) is 7.15. The molecule has 2 fully saturated rings. The van der Waals surface area contributed by atoms with Gasteiger partial charge in [0, 0.05) is 0 Å². The van der Waals surface area contributed by atoms with Gasteiger partial charge in [-0.15, -0.1) is 0 Å². The van der Waals surface area contributed by atoms with E-state index in [-0.39, 0.29) is 6.10 Å². The third kappa shape index (κ3) is 3.98. The first kappa shape index (κ1) is 14.4. The molecule has 0 bridgehead atoms. The SMILES string of the molecule is CC1(C2CCCCCCC2)CCCCCC(O)C1. The molecule has 1 nitrogen and oxygen atoms in total. The molecule has 0 aromatic rings. The molecular weight excluding hydrogens is 220 g/mol. The fourth-order valence-electron chi connectivity index (χ4n) is 4.35. The Labute approximate surface area is 113 Å². The number of hydrogen-bond donors (Lipinski definition) is 1. The monoisotopic (exact) mass is 252 g/mol. The van der Waals surface area contributed by atoms with E-state index in [2.05, 4.69) is 6.92 Å². The molecule has 0 radical (unpaired) electrons. The lowest BCUT2D eigenvalue weighted by molar-refractivity contribution is 0.0327. The molecule has 0 spiro atoms. The molecular formula is C17H32O. The smallest absolute Gasteiger partial charge is 0.0545 e. The molecule has 2 aliphatic carbocycles. The summed E-state index contributed by atoms with van der Waals surface area (Å²) >= 11 is 0. The van der Waals surface area contributed by atoms with Gasteiger partial charge in [-0.25, -0.2) is 0 Å². The lowest BCUT2D eigenvalue weighted by atomic mass is 9.65. The van der Waals surface area contributed by atoms with Crippen LogP contribution in [-0.4, -0.2) is 11.2 Å². The molecule has 2 saturated carbocycles. The summed E-state index contributed by atoms with van der Waals surface area (Å²) in [4.78, 5) is 0. The van der Waals surface area contributed by atoms with Crippen molar-refractivity contribution in [1.82, 2.24) is 0 Å². The van der Waals surface area contributed by atoms with E-state index in [0.29, 0.717) is 5.41 Å². The normalized spacial score (nSPS) is 37.3. The minimum absolute atomic E-state index is 0.0271. The van der Waals surface area contributed by atoms with E-state index < -0.39 is 0 Å². The van der Waals surface area contributed by atoms with Crippen molar-refractivity contribution in [3.8, 4) is 0 Å². The van der Waals surface area contributed by atoms with E-state index in [4.69, 9.17) is 0 Å². The second-order valence-corrected chi connectivity index (χ2v) is 7.15. The van der Waals surface area contributed by atoms with Crippen molar-refractivity contribution >= 4 is 0 Å². The lowest BCUT2D eigenvalue weighted by Gasteiger charge is -2.41. The zero-order chi connectivity index (χ0) is 12.8. The van der Waals surface area contributed by atoms with Crippen LogP contribution < -0.4 is 0 Å². The van der Waals surface area contributed by atoms with Gasteiger partial charge in [0.25, 0.3) is 0 Å². The first-order valence-electron chi connectivity index (χ1n) is 8.39. The topological polar surface area (TPSA) is 20.2 Å². The van der Waals surface area contributed by atoms with Crippen LogP contribution in [0.2, 0.25) is 0 Å². The quantitative estimate of drug-likeness (QED) is 0.691. The minimum atomic E-state index is -0.0271. The van der Waals surface area contributed by atoms with Crippen LogP contribution in [0.1, 0.15) is 90.4 Å². The highest BCUT2D eigenvalue weighted by Gasteiger charge is 2.35. The van der Waals surface area contributed by atoms with E-state index in [1.165, 1.54) is 70.6 Å². The molecule has 0 aromatic carbocycles. The molecule has 2 unspecified atom stereocenters. The fourth-order valence-corrected chi connectivity index (χ4v) is 4.35. The molecule has 2 atom stereocenters. The van der Waals surface area contributed by atoms with E-state index in [1.807, 2.05) is 0 Å². The summed E-state index contributed by atoms with van der Waals surface area (Å²) < 4.78 is 0. The molecule has 0 heterocycles. The van der Waals surface area contributed by atoms with Crippen LogP contribution in [0, 0.1) is 11.3 Å². The highest BCUT2D eigenvalue weighted by molar-refractivity contribution is 4.87. The van der Waals surface area contributed by atoms with Gasteiger partial charge in [0.2, 0.25) is 0 Å². The van der Waals surface area contributed by atoms with Crippen molar-refractivity contribution in [2.24, 2.45) is 11.3 Å². The Balaban J connectivity index is 1.99. The van der Waals surface area contributed by atoms with E-state index in [1.54, 1.807) is 0 Å². The predicted octanol–water partition coefficient (Wildman–Crippen LogP) is 5.07. The predicted molar refractivity (Wildman–Crippen MR) is 77.6 cm³/mol. The Morgan fingerprint density at radius 2 is 1.33 bits per heavy atom. The summed E-state index contributed by atoms with van der Waals surface area (Å²) in [5, 5.41) is 10.2. The molecule has 18 heavy (non-hydrogen) atoms. The maximum Gasteiger partial charge on any atom is 0.0545 e. The number of aliphatic hydroxyl groups excluding tert-OH is 1. The summed E-state index contributed by atoms with van der Waals surface area (Å²) in [6.07, 6.45) is 17.4. The Hall–Kier alpha value is -0.0400. The van der Waals surface area contributed by atoms with Gasteiger partial charge >= 0.3 is 0 Å². The summed E-state index contributed by atoms with van der Waals surface area (Å²) in [5.74, 6) is 0.880. The zero-order valence-corrected chi connectivity index (χ0v) is 12.3. The van der Waals surface area contributed by atoms with Gasteiger partial charge in [-0.05, 0) is 43.4 Å². The molecule has 1 heteroatoms. The van der Waals surface area contributed by atoms with Crippen LogP contribution in [0.15, 0.2) is 0 Å². The molecule has 2 rings (SSSR count). The van der Waals surface area contributed by atoms with Gasteiger partial charge in [-0.1, -0.05) is 58.3 Å². The van der Waals surface area contributed by atoms with Crippen molar-refractivity contribution < 1.29 is 5.11 Å². The fraction of sp³-hybridized carbons (Fsp3) is 1.00. The van der Waals surface area contributed by atoms with Crippen LogP contribution >= 0.6 is 0 Å². The molecule has 0 aromatic heterocycles. The first-order valence-corrected chi connectivity index (χ1v) is 8.39. The maximum absolute atomic E-state index is 10.2. The molecule has 2 aliphatic rings. The van der Waals surface area contributed by atoms with Gasteiger partial charge in [-0.3, -0.25) is 0 Å². The average Bonchev–Trinajstić information content (AvgIpc) is 2.25. The van der Waals surface area contributed by atoms with Gasteiger partial charge in [-0.2, -0.15) is 0 Å². The third-order valence-corrected chi connectivity index (χ3v) is 5.58. The van der Waals surface area contributed by atoms with Crippen molar-refractivity contribution in [1.29, 1.82) is 0 Å². The molecule has 0 saturated heterocycles. The summed E-state index contributed by atoms with van der Waals surface area (Å²) in [6, 6.07) is 0. The first-order chi connectivity index (χ1) is 8.71. The summed E-state index contributed by atoms with van der Waals surface area (Å²) in [5.41, 5.74) is 0.428. The Kier molecular flexibility index (Phi) is 5.54. The Morgan fingerprint density at radius 3 is 2.06 bits per heavy atom. The standard InChI is InChI=1S/C17H32O/c1-17(13-9-5-8-12-16(18)14-17)15-10-6-3-2-4-7-11-15/h15-16,18H,2-14H2,1H3. The highest BCUT2D eigenvalue weighted by Crippen LogP contribution is 2.45. The highest BCUT2D eigenvalue weighted by atomic mass is 16.3. The molecule has 0 amide bonds. The van der Waals surface area contributed by atoms with Crippen molar-refractivity contribution in [2.75, 3.05) is 0 Å². The van der Waals surface area contributed by atoms with Crippen molar-refractivity contribution in [3.63, 3.8) is 0 Å². The molecule has 0 aliphatic heterocycles. The largest absolute Gasteiger partial charge is 0.393 e. The van der Waals surface area contributed by atoms with Gasteiger partial charge in [0.1, 0.15) is 0 Å². The van der Waals surface area contributed by atoms with Gasteiger partial charge in [0.05, 0.1) is 6.10 Å². The van der Waals surface area contributed by atoms with E-state index >= 15 is 0 Å². The molecule has 106 valence electrons. The van der Waals surface area contributed by atoms with E-state index in [0.717, 1.165) is 18.8 Å². The second kappa shape index (κ2) is 6.93. The van der Waals surface area contributed by atoms with Crippen molar-refractivity contribution in [2.45, 2.75) is 96.5 Å². The van der Waals surface area contributed by atoms with E-state index in [9.17, 15) is 5.11 Å². The minimum Gasteiger partial charge on any atom is -0.393 e. The average molecular weight is 252 g/mol. The summed E-state index contributed by atoms with van der Waals surface area (Å²) in [6.45, 7) is 2.48. The Morgan fingerprint density at radius 1 is 0.778 bits per heavy atom.